The van der Waals surface area contributed by atoms with Crippen LogP contribution in [0.15, 0.2) is 73.1 Å². The number of esters is 1. The van der Waals surface area contributed by atoms with Gasteiger partial charge in [0, 0.05) is 27.1 Å². The zero-order chi connectivity index (χ0) is 31.8. The maximum Gasteiger partial charge on any atom is 0.344 e. The van der Waals surface area contributed by atoms with Crippen molar-refractivity contribution in [3.8, 4) is 22.9 Å². The Balaban J connectivity index is 1.35. The predicted octanol–water partition coefficient (Wildman–Crippen LogP) is 7.28. The molecule has 0 saturated heterocycles. The van der Waals surface area contributed by atoms with E-state index < -0.39 is 11.9 Å². The third-order valence-electron chi connectivity index (χ3n) is 6.16. The van der Waals surface area contributed by atoms with Gasteiger partial charge in [-0.05, 0) is 121 Å². The van der Waals surface area contributed by atoms with Crippen molar-refractivity contribution in [3.63, 3.8) is 0 Å². The molecule has 0 aliphatic carbocycles. The lowest BCUT2D eigenvalue weighted by molar-refractivity contribution is -0.149. The lowest BCUT2D eigenvalue weighted by Gasteiger charge is -2.16. The van der Waals surface area contributed by atoms with Gasteiger partial charge in [-0.2, -0.15) is 5.10 Å². The van der Waals surface area contributed by atoms with Gasteiger partial charge >= 0.3 is 11.9 Å². The zero-order valence-corrected chi connectivity index (χ0v) is 28.2. The average Bonchev–Trinajstić information content (AvgIpc) is 3.60. The summed E-state index contributed by atoms with van der Waals surface area (Å²) in [5.74, 6) is 0.930. The van der Waals surface area contributed by atoms with Gasteiger partial charge in [0.15, 0.2) is 23.9 Å². The highest BCUT2D eigenvalue weighted by molar-refractivity contribution is 9.13. The van der Waals surface area contributed by atoms with Crippen LogP contribution in [0.5, 0.6) is 17.2 Å². The summed E-state index contributed by atoms with van der Waals surface area (Å²) < 4.78 is 31.3. The van der Waals surface area contributed by atoms with Gasteiger partial charge in [-0.1, -0.05) is 0 Å². The molecule has 0 atom stereocenters. The smallest absolute Gasteiger partial charge is 0.344 e. The number of furan rings is 1. The Morgan fingerprint density at radius 2 is 1.68 bits per heavy atom. The van der Waals surface area contributed by atoms with Crippen LogP contribution in [0, 0.1) is 13.8 Å². The minimum absolute atomic E-state index is 0.0851. The molecule has 2 aromatic heterocycles. The highest BCUT2D eigenvalue weighted by Gasteiger charge is 2.19. The quantitative estimate of drug-likeness (QED) is 0.0874. The van der Waals surface area contributed by atoms with Crippen LogP contribution in [0.1, 0.15) is 54.0 Å². The molecule has 12 heteroatoms. The number of carbonyl (C=O) groups excluding carboxylic acids is 2. The Morgan fingerprint density at radius 1 is 0.977 bits per heavy atom. The number of aryl methyl sites for hydroxylation is 2. The molecule has 0 aliphatic heterocycles. The van der Waals surface area contributed by atoms with Gasteiger partial charge in [0.25, 0.3) is 0 Å². The van der Waals surface area contributed by atoms with Gasteiger partial charge in [0.2, 0.25) is 0 Å². The van der Waals surface area contributed by atoms with Gasteiger partial charge < -0.3 is 27.9 Å². The SMILES string of the molecule is CCOc1cc(/C=N/NC(=O)c2ccc(COc3ccc(-n4c(C)ccc4C)cc3)o2)c(Br)c(Br)c1OCC(=O)OC(C)C. The van der Waals surface area contributed by atoms with E-state index in [1.165, 1.54) is 6.21 Å². The Kier molecular flexibility index (Phi) is 11.3. The summed E-state index contributed by atoms with van der Waals surface area (Å²) in [5.41, 5.74) is 6.40. The maximum atomic E-state index is 12.7. The standard InChI is InChI=1S/C32H33Br2N3O7/c1-6-40-27-15-22(29(33)30(34)31(27)42-18-28(38)43-19(2)3)16-35-36-32(39)26-14-13-25(44-26)17-41-24-11-9-23(10-12-24)37-20(4)7-8-21(37)5/h7-16,19H,6,17-18H2,1-5H3,(H,36,39)/b35-16+. The maximum absolute atomic E-state index is 12.7. The summed E-state index contributed by atoms with van der Waals surface area (Å²) in [6.45, 7) is 9.70. The van der Waals surface area contributed by atoms with Crippen LogP contribution in [0.25, 0.3) is 5.69 Å². The van der Waals surface area contributed by atoms with Crippen molar-refractivity contribution >= 4 is 50.0 Å². The summed E-state index contributed by atoms with van der Waals surface area (Å²) in [5, 5.41) is 4.06. The van der Waals surface area contributed by atoms with E-state index in [1.54, 1.807) is 32.0 Å². The number of nitrogens with one attached hydrogen (secondary N) is 1. The average molecular weight is 731 g/mol. The van der Waals surface area contributed by atoms with Crippen molar-refractivity contribution in [2.45, 2.75) is 47.3 Å². The number of carbonyl (C=O) groups is 2. The Bertz CT molecular complexity index is 1620. The van der Waals surface area contributed by atoms with Gasteiger partial charge in [0.05, 0.1) is 23.4 Å². The van der Waals surface area contributed by atoms with E-state index in [4.69, 9.17) is 23.4 Å². The number of halogens is 2. The molecular formula is C32H33Br2N3O7. The van der Waals surface area contributed by atoms with Crippen LogP contribution < -0.4 is 19.6 Å². The fraction of sp³-hybridized carbons (Fsp3) is 0.281. The third-order valence-corrected chi connectivity index (χ3v) is 8.30. The first-order valence-electron chi connectivity index (χ1n) is 13.8. The molecular weight excluding hydrogens is 698 g/mol. The van der Waals surface area contributed by atoms with Gasteiger partial charge in [-0.15, -0.1) is 0 Å². The molecule has 44 heavy (non-hydrogen) atoms. The first-order valence-corrected chi connectivity index (χ1v) is 15.4. The van der Waals surface area contributed by atoms with E-state index >= 15 is 0 Å². The molecule has 232 valence electrons. The number of nitrogens with zero attached hydrogens (tertiary/aromatic N) is 2. The van der Waals surface area contributed by atoms with E-state index in [9.17, 15) is 9.59 Å². The lowest BCUT2D eigenvalue weighted by atomic mass is 10.2. The van der Waals surface area contributed by atoms with Crippen molar-refractivity contribution in [3.05, 3.63) is 92.0 Å². The number of aromatic nitrogens is 1. The molecule has 10 nitrogen and oxygen atoms in total. The highest BCUT2D eigenvalue weighted by atomic mass is 79.9. The topological polar surface area (TPSA) is 114 Å². The van der Waals surface area contributed by atoms with Crippen LogP contribution in [-0.4, -0.2) is 42.0 Å². The monoisotopic (exact) mass is 729 g/mol. The van der Waals surface area contributed by atoms with Crippen LogP contribution in [0.2, 0.25) is 0 Å². The number of amides is 1. The number of ether oxygens (including phenoxy) is 4. The molecule has 0 unspecified atom stereocenters. The minimum atomic E-state index is -0.529. The van der Waals surface area contributed by atoms with E-state index in [-0.39, 0.29) is 25.1 Å². The summed E-state index contributed by atoms with van der Waals surface area (Å²) in [7, 11) is 0. The number of hydrogen-bond acceptors (Lipinski definition) is 8. The number of hydrogen-bond donors (Lipinski definition) is 1. The van der Waals surface area contributed by atoms with Gasteiger partial charge in [-0.25, -0.2) is 10.2 Å². The molecule has 0 bridgehead atoms. The second-order valence-electron chi connectivity index (χ2n) is 9.88. The fourth-order valence-corrected chi connectivity index (χ4v) is 5.17. The van der Waals surface area contributed by atoms with Crippen molar-refractivity contribution < 1.29 is 33.0 Å². The minimum Gasteiger partial charge on any atom is -0.490 e. The second kappa shape index (κ2) is 15.1. The van der Waals surface area contributed by atoms with Crippen LogP contribution in [-0.2, 0) is 16.1 Å². The normalized spacial score (nSPS) is 11.2. The predicted molar refractivity (Wildman–Crippen MR) is 173 cm³/mol. The summed E-state index contributed by atoms with van der Waals surface area (Å²) >= 11 is 6.98. The van der Waals surface area contributed by atoms with E-state index in [2.05, 4.69) is 72.9 Å². The van der Waals surface area contributed by atoms with Gasteiger partial charge in [-0.3, -0.25) is 4.79 Å². The van der Waals surface area contributed by atoms with Crippen molar-refractivity contribution in [2.75, 3.05) is 13.2 Å². The molecule has 0 radical (unpaired) electrons. The van der Waals surface area contributed by atoms with Crippen LogP contribution in [0.3, 0.4) is 0 Å². The molecule has 0 fully saturated rings. The summed E-state index contributed by atoms with van der Waals surface area (Å²) in [4.78, 5) is 24.6. The van der Waals surface area contributed by atoms with E-state index in [1.807, 2.05) is 31.2 Å². The second-order valence-corrected chi connectivity index (χ2v) is 11.5. The largest absolute Gasteiger partial charge is 0.490 e. The zero-order valence-electron chi connectivity index (χ0n) is 25.0. The van der Waals surface area contributed by atoms with Gasteiger partial charge in [0.1, 0.15) is 18.1 Å². The molecule has 2 aromatic carbocycles. The highest BCUT2D eigenvalue weighted by Crippen LogP contribution is 2.42. The molecule has 1 N–H and O–H groups in total. The van der Waals surface area contributed by atoms with Crippen molar-refractivity contribution in [1.29, 1.82) is 0 Å². The summed E-state index contributed by atoms with van der Waals surface area (Å²) in [6.07, 6.45) is 1.19. The number of hydrazone groups is 1. The molecule has 1 amide bonds. The van der Waals surface area contributed by atoms with Crippen molar-refractivity contribution in [1.82, 2.24) is 9.99 Å². The molecule has 0 spiro atoms. The first-order chi connectivity index (χ1) is 21.1. The number of benzene rings is 2. The number of rotatable bonds is 13. The molecule has 4 aromatic rings. The lowest BCUT2D eigenvalue weighted by Crippen LogP contribution is -2.19. The summed E-state index contributed by atoms with van der Waals surface area (Å²) in [6, 6.07) is 16.8. The molecule has 4 rings (SSSR count). The van der Waals surface area contributed by atoms with E-state index in [0.29, 0.717) is 44.1 Å². The van der Waals surface area contributed by atoms with E-state index in [0.717, 1.165) is 17.1 Å². The Hall–Kier alpha value is -4.03. The molecule has 0 aliphatic rings. The third kappa shape index (κ3) is 8.32. The Morgan fingerprint density at radius 3 is 2.34 bits per heavy atom. The molecule has 0 saturated carbocycles. The van der Waals surface area contributed by atoms with Crippen molar-refractivity contribution in [2.24, 2.45) is 5.10 Å². The first kappa shape index (κ1) is 32.9. The van der Waals surface area contributed by atoms with Crippen LogP contribution >= 0.6 is 31.9 Å². The molecule has 2 heterocycles. The van der Waals surface area contributed by atoms with Crippen LogP contribution in [0.4, 0.5) is 0 Å². The fourth-order valence-electron chi connectivity index (χ4n) is 4.24. The Labute approximate surface area is 272 Å².